The summed E-state index contributed by atoms with van der Waals surface area (Å²) in [6.45, 7) is 0. The molecular formula is C17H20N2O5S2. The summed E-state index contributed by atoms with van der Waals surface area (Å²) in [5.74, 6) is -1.44. The molecule has 2 aromatic rings. The van der Waals surface area contributed by atoms with Crippen LogP contribution in [0.1, 0.15) is 16.8 Å². The number of rotatable bonds is 7. The lowest BCUT2D eigenvalue weighted by Crippen LogP contribution is -2.42. The van der Waals surface area contributed by atoms with Crippen molar-refractivity contribution in [2.24, 2.45) is 0 Å². The van der Waals surface area contributed by atoms with Gasteiger partial charge in [-0.25, -0.2) is 13.2 Å². The van der Waals surface area contributed by atoms with Crippen LogP contribution in [0.5, 0.6) is 0 Å². The Balaban J connectivity index is 2.28. The number of sulfone groups is 1. The maximum absolute atomic E-state index is 12.7. The highest BCUT2D eigenvalue weighted by Gasteiger charge is 2.25. The fourth-order valence-corrected chi connectivity index (χ4v) is 3.78. The van der Waals surface area contributed by atoms with Crippen molar-refractivity contribution in [3.63, 3.8) is 0 Å². The topological polar surface area (TPSA) is 116 Å². The molecule has 0 aliphatic heterocycles. The normalized spacial score (nSPS) is 12.4. The van der Waals surface area contributed by atoms with E-state index >= 15 is 0 Å². The van der Waals surface area contributed by atoms with Crippen molar-refractivity contribution < 1.29 is 22.7 Å². The van der Waals surface area contributed by atoms with E-state index in [1.807, 2.05) is 17.5 Å². The monoisotopic (exact) mass is 396 g/mol. The number of hydrogen-bond acceptors (Lipinski definition) is 7. The summed E-state index contributed by atoms with van der Waals surface area (Å²) >= 11 is 1.45. The summed E-state index contributed by atoms with van der Waals surface area (Å²) in [4.78, 5) is 25.5. The quantitative estimate of drug-likeness (QED) is 0.544. The number of nitrogen functional groups attached to an aromatic ring is 1. The molecule has 0 radical (unpaired) electrons. The molecule has 9 heteroatoms. The molecule has 1 atom stereocenters. The van der Waals surface area contributed by atoms with Crippen LogP contribution in [0, 0.1) is 0 Å². The molecule has 0 aliphatic carbocycles. The van der Waals surface area contributed by atoms with Crippen LogP contribution in [-0.2, 0) is 19.4 Å². The number of nitrogens with one attached hydrogen (secondary N) is 1. The number of carbonyl (C=O) groups is 2. The summed E-state index contributed by atoms with van der Waals surface area (Å²) in [6.07, 6.45) is 0.999. The number of amides is 1. The highest BCUT2D eigenvalue weighted by atomic mass is 32.2. The van der Waals surface area contributed by atoms with Gasteiger partial charge in [0.15, 0.2) is 0 Å². The first kappa shape index (κ1) is 19.9. The van der Waals surface area contributed by atoms with Crippen LogP contribution in [0.3, 0.4) is 0 Å². The molecular weight excluding hydrogens is 376 g/mol. The number of thiophene rings is 1. The van der Waals surface area contributed by atoms with Gasteiger partial charge in [0.25, 0.3) is 5.91 Å². The van der Waals surface area contributed by atoms with E-state index in [0.717, 1.165) is 11.1 Å². The van der Waals surface area contributed by atoms with Gasteiger partial charge < -0.3 is 15.8 Å². The third-order valence-corrected chi connectivity index (χ3v) is 5.52. The number of ether oxygens (including phenoxy) is 1. The first-order chi connectivity index (χ1) is 12.2. The molecule has 2 rings (SSSR count). The Morgan fingerprint density at radius 1 is 1.31 bits per heavy atom. The summed E-state index contributed by atoms with van der Waals surface area (Å²) in [7, 11) is -2.10. The number of hydrogen-bond donors (Lipinski definition) is 2. The van der Waals surface area contributed by atoms with Gasteiger partial charge in [0.2, 0.25) is 0 Å². The number of nitrogens with two attached hydrogens (primary N) is 1. The van der Waals surface area contributed by atoms with Crippen LogP contribution in [0.2, 0.25) is 0 Å². The fourth-order valence-electron chi connectivity index (χ4n) is 2.35. The predicted molar refractivity (Wildman–Crippen MR) is 102 cm³/mol. The van der Waals surface area contributed by atoms with E-state index in [-0.39, 0.29) is 12.2 Å². The third kappa shape index (κ3) is 5.30. The van der Waals surface area contributed by atoms with Crippen molar-refractivity contribution in [1.29, 1.82) is 0 Å². The van der Waals surface area contributed by atoms with Gasteiger partial charge in [-0.1, -0.05) is 6.07 Å². The molecule has 0 bridgehead atoms. The molecule has 0 aliphatic rings. The van der Waals surface area contributed by atoms with Crippen LogP contribution in [0.4, 0.5) is 5.69 Å². The molecule has 1 amide bonds. The highest BCUT2D eigenvalue weighted by molar-refractivity contribution is 7.90. The van der Waals surface area contributed by atoms with E-state index in [2.05, 4.69) is 10.1 Å². The Morgan fingerprint density at radius 2 is 2.04 bits per heavy atom. The zero-order chi connectivity index (χ0) is 19.3. The van der Waals surface area contributed by atoms with Crippen LogP contribution in [0.25, 0.3) is 10.4 Å². The van der Waals surface area contributed by atoms with Crippen LogP contribution >= 0.6 is 11.3 Å². The van der Waals surface area contributed by atoms with E-state index in [9.17, 15) is 18.0 Å². The number of anilines is 1. The van der Waals surface area contributed by atoms with E-state index in [1.165, 1.54) is 18.4 Å². The van der Waals surface area contributed by atoms with Crippen molar-refractivity contribution in [2.75, 3.05) is 24.9 Å². The first-order valence-corrected chi connectivity index (χ1v) is 10.6. The Hall–Kier alpha value is -2.39. The minimum Gasteiger partial charge on any atom is -0.467 e. The van der Waals surface area contributed by atoms with Gasteiger partial charge in [-0.15, -0.1) is 11.3 Å². The molecule has 0 spiro atoms. The second kappa shape index (κ2) is 8.33. The number of methoxy groups -OCH3 is 1. The van der Waals surface area contributed by atoms with Crippen molar-refractivity contribution in [2.45, 2.75) is 12.5 Å². The van der Waals surface area contributed by atoms with E-state index in [1.54, 1.807) is 18.2 Å². The van der Waals surface area contributed by atoms with E-state index in [4.69, 9.17) is 5.73 Å². The van der Waals surface area contributed by atoms with Gasteiger partial charge in [0, 0.05) is 27.9 Å². The van der Waals surface area contributed by atoms with Gasteiger partial charge in [0.1, 0.15) is 15.9 Å². The molecule has 1 aromatic carbocycles. The molecule has 0 saturated carbocycles. The van der Waals surface area contributed by atoms with Crippen LogP contribution < -0.4 is 11.1 Å². The lowest BCUT2D eigenvalue weighted by molar-refractivity contribution is -0.142. The standard InChI is InChI=1S/C17H20N2O5S2/c1-24-17(21)14(7-9-26(2,22)23)19-16(20)12-6-5-11(18)10-13(12)15-4-3-8-25-15/h3-6,8,10,14H,7,9,18H2,1-2H3,(H,19,20)/t14-/m1/s1. The van der Waals surface area contributed by atoms with Crippen molar-refractivity contribution in [3.05, 3.63) is 41.3 Å². The maximum atomic E-state index is 12.7. The zero-order valence-corrected chi connectivity index (χ0v) is 16.0. The van der Waals surface area contributed by atoms with Crippen LogP contribution in [0.15, 0.2) is 35.7 Å². The average Bonchev–Trinajstić information content (AvgIpc) is 3.11. The van der Waals surface area contributed by atoms with Gasteiger partial charge in [0.05, 0.1) is 12.9 Å². The minimum absolute atomic E-state index is 0.0689. The molecule has 3 N–H and O–H groups in total. The third-order valence-electron chi connectivity index (χ3n) is 3.64. The van der Waals surface area contributed by atoms with Gasteiger partial charge in [-0.05, 0) is 36.1 Å². The summed E-state index contributed by atoms with van der Waals surface area (Å²) in [5.41, 5.74) is 7.32. The molecule has 1 aromatic heterocycles. The number of esters is 1. The summed E-state index contributed by atoms with van der Waals surface area (Å²) in [6, 6.07) is 7.51. The van der Waals surface area contributed by atoms with E-state index in [0.29, 0.717) is 16.8 Å². The van der Waals surface area contributed by atoms with Gasteiger partial charge in [-0.2, -0.15) is 0 Å². The fraction of sp³-hybridized carbons (Fsp3) is 0.294. The first-order valence-electron chi connectivity index (χ1n) is 7.71. The summed E-state index contributed by atoms with van der Waals surface area (Å²) in [5, 5.41) is 4.44. The SMILES string of the molecule is COC(=O)[C@@H](CCS(C)(=O)=O)NC(=O)c1ccc(N)cc1-c1cccs1. The van der Waals surface area contributed by atoms with Gasteiger partial charge >= 0.3 is 5.97 Å². The Labute approximate surface area is 156 Å². The molecule has 140 valence electrons. The summed E-state index contributed by atoms with van der Waals surface area (Å²) < 4.78 is 27.4. The predicted octanol–water partition coefficient (Wildman–Crippen LogP) is 1.70. The Kier molecular flexibility index (Phi) is 6.38. The molecule has 7 nitrogen and oxygen atoms in total. The maximum Gasteiger partial charge on any atom is 0.328 e. The molecule has 0 fully saturated rings. The molecule has 1 heterocycles. The highest BCUT2D eigenvalue weighted by Crippen LogP contribution is 2.30. The molecule has 26 heavy (non-hydrogen) atoms. The van der Waals surface area contributed by atoms with Crippen molar-refractivity contribution in [3.8, 4) is 10.4 Å². The molecule has 0 unspecified atom stereocenters. The average molecular weight is 396 g/mol. The zero-order valence-electron chi connectivity index (χ0n) is 14.4. The second-order valence-electron chi connectivity index (χ2n) is 5.75. The van der Waals surface area contributed by atoms with Crippen molar-refractivity contribution >= 4 is 38.7 Å². The van der Waals surface area contributed by atoms with Gasteiger partial charge in [-0.3, -0.25) is 4.79 Å². The Bertz CT molecular complexity index is 892. The lowest BCUT2D eigenvalue weighted by atomic mass is 10.0. The minimum atomic E-state index is -3.28. The number of benzene rings is 1. The number of carbonyl (C=O) groups excluding carboxylic acids is 2. The Morgan fingerprint density at radius 3 is 2.62 bits per heavy atom. The van der Waals surface area contributed by atoms with E-state index < -0.39 is 27.8 Å². The van der Waals surface area contributed by atoms with Crippen LogP contribution in [-0.4, -0.2) is 45.5 Å². The smallest absolute Gasteiger partial charge is 0.328 e. The largest absolute Gasteiger partial charge is 0.467 e. The van der Waals surface area contributed by atoms with Crippen molar-refractivity contribution in [1.82, 2.24) is 5.32 Å². The second-order valence-corrected chi connectivity index (χ2v) is 8.96. The lowest BCUT2D eigenvalue weighted by Gasteiger charge is -2.17. The molecule has 0 saturated heterocycles.